The van der Waals surface area contributed by atoms with Crippen LogP contribution in [0.1, 0.15) is 38.9 Å². The first-order valence-corrected chi connectivity index (χ1v) is 24.7. The molecule has 10 aromatic carbocycles. The topological polar surface area (TPSA) is 129 Å². The molecule has 0 N–H and O–H groups in total. The van der Waals surface area contributed by atoms with Gasteiger partial charge >= 0.3 is 12.4 Å². The van der Waals surface area contributed by atoms with Crippen molar-refractivity contribution in [3.8, 4) is 97.4 Å². The van der Waals surface area contributed by atoms with Gasteiger partial charge in [-0.25, -0.2) is 0 Å². The van der Waals surface area contributed by atoms with Crippen LogP contribution in [0, 0.1) is 56.7 Å². The molecular formula is C67H33F6N7. The van der Waals surface area contributed by atoms with Gasteiger partial charge in [0.25, 0.3) is 0 Å². The van der Waals surface area contributed by atoms with E-state index in [9.17, 15) is 26.3 Å². The molecule has 7 nitrogen and oxygen atoms in total. The molecule has 0 bridgehead atoms. The Balaban J connectivity index is 1.28. The van der Waals surface area contributed by atoms with E-state index in [1.165, 1.54) is 12.1 Å². The van der Waals surface area contributed by atoms with Gasteiger partial charge in [-0.2, -0.15) is 52.7 Å². The molecule has 0 amide bonds. The fourth-order valence-electron chi connectivity index (χ4n) is 11.0. The van der Waals surface area contributed by atoms with Crippen molar-refractivity contribution in [2.24, 2.45) is 0 Å². The zero-order chi connectivity index (χ0) is 55.6. The molecular weight excluding hydrogens is 1020 g/mol. The van der Waals surface area contributed by atoms with Crippen molar-refractivity contribution >= 4 is 43.6 Å². The maximum absolute atomic E-state index is 15.6. The normalized spacial score (nSPS) is 11.6. The predicted molar refractivity (Wildman–Crippen MR) is 296 cm³/mol. The zero-order valence-corrected chi connectivity index (χ0v) is 41.5. The van der Waals surface area contributed by atoms with Crippen molar-refractivity contribution in [1.29, 1.82) is 26.3 Å². The van der Waals surface area contributed by atoms with Crippen molar-refractivity contribution in [1.82, 2.24) is 9.13 Å². The number of fused-ring (bicyclic) bond motifs is 6. The number of benzene rings is 10. The van der Waals surface area contributed by atoms with Crippen LogP contribution in [0.15, 0.2) is 200 Å². The summed E-state index contributed by atoms with van der Waals surface area (Å²) < 4.78 is 97.2. The molecule has 0 aliphatic rings. The van der Waals surface area contributed by atoms with Gasteiger partial charge < -0.3 is 9.13 Å². The molecule has 0 aliphatic heterocycles. The van der Waals surface area contributed by atoms with E-state index in [0.29, 0.717) is 129 Å². The summed E-state index contributed by atoms with van der Waals surface area (Å²) in [5, 5.41) is 54.0. The second-order valence-electron chi connectivity index (χ2n) is 19.1. The molecule has 378 valence electrons. The molecule has 12 aromatic rings. The van der Waals surface area contributed by atoms with E-state index in [2.05, 4.69) is 30.3 Å². The van der Waals surface area contributed by atoms with Crippen LogP contribution < -0.4 is 0 Å². The first-order valence-electron chi connectivity index (χ1n) is 24.7. The van der Waals surface area contributed by atoms with Crippen molar-refractivity contribution in [2.45, 2.75) is 12.4 Å². The van der Waals surface area contributed by atoms with E-state index in [-0.39, 0.29) is 16.9 Å². The third-order valence-corrected chi connectivity index (χ3v) is 14.5. The number of hydrogen-bond donors (Lipinski definition) is 0. The molecule has 0 atom stereocenters. The highest BCUT2D eigenvalue weighted by atomic mass is 19.4. The smallest absolute Gasteiger partial charge is 0.308 e. The standard InChI is InChI=1S/C67H33F6N7/c68-66(69,70)57-14-5-15-58(67(71,72)73)64(57)55-24-25-59(79-60-30-47(43-10-1-6-39(26-43)34-74)16-20-51(60)52-21-17-48(31-61(52)79)44-11-2-7-40(27-44)35-75)56(38-78)65(55)80-62-32-49(45-12-3-8-41(28-45)36-76)18-22-53(62)54-23-19-50(33-63(54)80)46-13-4-9-42(29-46)37-77/h1-33H. The Morgan fingerprint density at radius 2 is 0.625 bits per heavy atom. The molecule has 0 unspecified atom stereocenters. The molecule has 12 rings (SSSR count). The minimum Gasteiger partial charge on any atom is -0.308 e. The minimum atomic E-state index is -5.33. The van der Waals surface area contributed by atoms with Crippen molar-refractivity contribution in [3.63, 3.8) is 0 Å². The summed E-state index contributed by atoms with van der Waals surface area (Å²) in [6.07, 6.45) is -10.7. The summed E-state index contributed by atoms with van der Waals surface area (Å²) in [6, 6.07) is 64.8. The Hall–Kier alpha value is -11.2. The number of halogens is 6. The Morgan fingerprint density at radius 3 is 0.938 bits per heavy atom. The average Bonchev–Trinajstić information content (AvgIpc) is 4.16. The summed E-state index contributed by atoms with van der Waals surface area (Å²) in [7, 11) is 0. The van der Waals surface area contributed by atoms with Gasteiger partial charge in [0.05, 0.1) is 91.1 Å². The minimum absolute atomic E-state index is 0.0981. The lowest BCUT2D eigenvalue weighted by atomic mass is 9.90. The van der Waals surface area contributed by atoms with E-state index < -0.39 is 34.6 Å². The first-order chi connectivity index (χ1) is 38.7. The SMILES string of the molecule is N#Cc1cccc(-c2ccc3c4ccc(-c5cccc(C#N)c5)cc4n(-c4ccc(-c5c(C(F)(F)F)cccc5C(F)(F)F)c(-n5c6cc(-c7cccc(C#N)c7)ccc6c6ccc(-c7cccc(C#N)c7)cc65)c4C#N)c3c2)c1. The number of aromatic nitrogens is 2. The summed E-state index contributed by atoms with van der Waals surface area (Å²) in [5.41, 5.74) is 2.60. The van der Waals surface area contributed by atoms with Gasteiger partial charge in [0.15, 0.2) is 0 Å². The van der Waals surface area contributed by atoms with Crippen LogP contribution in [0.2, 0.25) is 0 Å². The summed E-state index contributed by atoms with van der Waals surface area (Å²) >= 11 is 0. The van der Waals surface area contributed by atoms with Crippen molar-refractivity contribution in [3.05, 3.63) is 239 Å². The monoisotopic (exact) mass is 1050 g/mol. The largest absolute Gasteiger partial charge is 0.417 e. The average molecular weight is 1050 g/mol. The highest BCUT2D eigenvalue weighted by Gasteiger charge is 2.42. The van der Waals surface area contributed by atoms with Crippen molar-refractivity contribution < 1.29 is 26.3 Å². The van der Waals surface area contributed by atoms with Gasteiger partial charge in [0.1, 0.15) is 11.6 Å². The molecule has 13 heteroatoms. The number of nitriles is 5. The number of hydrogen-bond acceptors (Lipinski definition) is 5. The fraction of sp³-hybridized carbons (Fsp3) is 0.0299. The van der Waals surface area contributed by atoms with E-state index in [1.807, 2.05) is 60.7 Å². The molecule has 0 radical (unpaired) electrons. The van der Waals surface area contributed by atoms with E-state index in [1.54, 1.807) is 118 Å². The quantitative estimate of drug-likeness (QED) is 0.147. The highest BCUT2D eigenvalue weighted by molar-refractivity contribution is 6.14. The van der Waals surface area contributed by atoms with Crippen LogP contribution in [0.3, 0.4) is 0 Å². The third-order valence-electron chi connectivity index (χ3n) is 14.5. The molecule has 0 aliphatic carbocycles. The van der Waals surface area contributed by atoms with E-state index in [4.69, 9.17) is 0 Å². The molecule has 0 fully saturated rings. The van der Waals surface area contributed by atoms with Crippen LogP contribution in [-0.4, -0.2) is 9.13 Å². The first kappa shape index (κ1) is 49.7. The molecule has 0 spiro atoms. The second kappa shape index (κ2) is 19.1. The predicted octanol–water partition coefficient (Wildman–Crippen LogP) is 17.6. The molecule has 2 aromatic heterocycles. The second-order valence-corrected chi connectivity index (χ2v) is 19.1. The lowest BCUT2D eigenvalue weighted by Gasteiger charge is -2.24. The van der Waals surface area contributed by atoms with Crippen LogP contribution >= 0.6 is 0 Å². The van der Waals surface area contributed by atoms with Gasteiger partial charge in [0, 0.05) is 32.7 Å². The van der Waals surface area contributed by atoms with Crippen LogP contribution in [0.5, 0.6) is 0 Å². The maximum atomic E-state index is 15.6. The molecule has 2 heterocycles. The molecule has 0 saturated heterocycles. The van der Waals surface area contributed by atoms with Crippen LogP contribution in [0.4, 0.5) is 26.3 Å². The van der Waals surface area contributed by atoms with Gasteiger partial charge in [-0.05, 0) is 136 Å². The summed E-state index contributed by atoms with van der Waals surface area (Å²) in [5.74, 6) is 0. The summed E-state index contributed by atoms with van der Waals surface area (Å²) in [4.78, 5) is 0. The molecule has 0 saturated carbocycles. The fourth-order valence-corrected chi connectivity index (χ4v) is 11.0. The van der Waals surface area contributed by atoms with E-state index in [0.717, 1.165) is 0 Å². The Labute approximate surface area is 452 Å². The Bertz CT molecular complexity index is 4570. The zero-order valence-electron chi connectivity index (χ0n) is 41.5. The van der Waals surface area contributed by atoms with Crippen LogP contribution in [-0.2, 0) is 12.4 Å². The number of alkyl halides is 6. The maximum Gasteiger partial charge on any atom is 0.417 e. The number of rotatable bonds is 7. The van der Waals surface area contributed by atoms with Gasteiger partial charge in [0.2, 0.25) is 0 Å². The number of nitrogens with zero attached hydrogens (tertiary/aromatic N) is 7. The summed E-state index contributed by atoms with van der Waals surface area (Å²) in [6.45, 7) is 0. The van der Waals surface area contributed by atoms with Gasteiger partial charge in [-0.3, -0.25) is 0 Å². The molecule has 80 heavy (non-hydrogen) atoms. The third kappa shape index (κ3) is 8.39. The van der Waals surface area contributed by atoms with E-state index >= 15 is 26.3 Å². The van der Waals surface area contributed by atoms with Gasteiger partial charge in [-0.15, -0.1) is 0 Å². The Morgan fingerprint density at radius 1 is 0.312 bits per heavy atom. The Kier molecular flexibility index (Phi) is 11.9. The van der Waals surface area contributed by atoms with Crippen molar-refractivity contribution in [2.75, 3.05) is 0 Å². The van der Waals surface area contributed by atoms with Gasteiger partial charge in [-0.1, -0.05) is 109 Å². The van der Waals surface area contributed by atoms with Crippen LogP contribution in [0.25, 0.3) is 111 Å². The lowest BCUT2D eigenvalue weighted by molar-refractivity contribution is -0.142. The highest BCUT2D eigenvalue weighted by Crippen LogP contribution is 2.50. The lowest BCUT2D eigenvalue weighted by Crippen LogP contribution is -2.16.